The van der Waals surface area contributed by atoms with Crippen molar-refractivity contribution in [3.8, 4) is 16.9 Å². The lowest BCUT2D eigenvalue weighted by atomic mass is 10.0. The summed E-state index contributed by atoms with van der Waals surface area (Å²) in [6, 6.07) is 26.6. The summed E-state index contributed by atoms with van der Waals surface area (Å²) in [6.07, 6.45) is 0.907. The first kappa shape index (κ1) is 22.9. The van der Waals surface area contributed by atoms with Crippen LogP contribution < -0.4 is 10.3 Å². The Morgan fingerprint density at radius 1 is 0.917 bits per heavy atom. The number of aryl methyl sites for hydroxylation is 1. The van der Waals surface area contributed by atoms with E-state index in [1.54, 1.807) is 35.2 Å². The molecule has 0 aromatic heterocycles. The van der Waals surface area contributed by atoms with Crippen molar-refractivity contribution in [1.29, 1.82) is 0 Å². The molecule has 0 bridgehead atoms. The predicted molar refractivity (Wildman–Crippen MR) is 140 cm³/mol. The molecule has 3 N–H and O–H groups in total. The lowest BCUT2D eigenvalue weighted by Gasteiger charge is -2.17. The number of aromatic hydroxyl groups is 1. The smallest absolute Gasteiger partial charge is 0.335 e. The molecule has 7 heteroatoms. The summed E-state index contributed by atoms with van der Waals surface area (Å²) < 4.78 is 0. The minimum absolute atomic E-state index is 0.102. The maximum Gasteiger partial charge on any atom is 0.335 e. The Labute approximate surface area is 208 Å². The Hall–Kier alpha value is -4.91. The van der Waals surface area contributed by atoms with Gasteiger partial charge in [0.25, 0.3) is 5.91 Å². The van der Waals surface area contributed by atoms with E-state index in [1.165, 1.54) is 17.7 Å². The van der Waals surface area contributed by atoms with Crippen molar-refractivity contribution >= 4 is 34.7 Å². The van der Waals surface area contributed by atoms with Crippen molar-refractivity contribution in [2.75, 3.05) is 10.3 Å². The number of benzene rings is 4. The first-order valence-corrected chi connectivity index (χ1v) is 11.5. The first-order valence-electron chi connectivity index (χ1n) is 11.5. The molecular formula is C29H23N3O4. The average molecular weight is 478 g/mol. The van der Waals surface area contributed by atoms with Crippen LogP contribution in [-0.2, 0) is 11.2 Å². The van der Waals surface area contributed by atoms with Gasteiger partial charge < -0.3 is 10.2 Å². The second-order valence-corrected chi connectivity index (χ2v) is 8.34. The molecule has 36 heavy (non-hydrogen) atoms. The molecular weight excluding hydrogens is 454 g/mol. The number of nitrogens with zero attached hydrogens (tertiary/aromatic N) is 2. The van der Waals surface area contributed by atoms with Crippen LogP contribution in [0.1, 0.15) is 28.4 Å². The largest absolute Gasteiger partial charge is 0.505 e. The number of nitrogens with one attached hydrogen (secondary N) is 1. The van der Waals surface area contributed by atoms with E-state index in [9.17, 15) is 19.8 Å². The molecule has 0 aliphatic carbocycles. The highest BCUT2D eigenvalue weighted by Crippen LogP contribution is 2.38. The molecule has 0 atom stereocenters. The molecule has 1 aliphatic heterocycles. The molecule has 0 unspecified atom stereocenters. The van der Waals surface area contributed by atoms with Crippen LogP contribution in [0.4, 0.5) is 17.1 Å². The number of carboxylic acid groups (broad SMARTS) is 1. The van der Waals surface area contributed by atoms with Gasteiger partial charge in [-0.2, -0.15) is 5.10 Å². The first-order chi connectivity index (χ1) is 17.5. The number of hydrogen-bond acceptors (Lipinski definition) is 5. The van der Waals surface area contributed by atoms with Gasteiger partial charge in [0.1, 0.15) is 5.75 Å². The second-order valence-electron chi connectivity index (χ2n) is 8.34. The summed E-state index contributed by atoms with van der Waals surface area (Å²) in [5.74, 6) is -1.43. The summed E-state index contributed by atoms with van der Waals surface area (Å²) in [4.78, 5) is 26.4. The highest BCUT2D eigenvalue weighted by molar-refractivity contribution is 6.55. The Morgan fingerprint density at radius 2 is 1.64 bits per heavy atom. The Kier molecular flexibility index (Phi) is 5.96. The molecule has 7 nitrogen and oxygen atoms in total. The SMILES string of the molecule is CCc1ccc(N2C(=O)/C(=N\Nc3cccc(-c4cccc(C(=O)O)c4)c3O)c3ccccc32)cc1. The van der Waals surface area contributed by atoms with Crippen LogP contribution in [0.5, 0.6) is 5.75 Å². The van der Waals surface area contributed by atoms with E-state index < -0.39 is 5.97 Å². The molecule has 178 valence electrons. The number of para-hydroxylation sites is 2. The van der Waals surface area contributed by atoms with E-state index in [4.69, 9.17) is 0 Å². The molecule has 5 rings (SSSR count). The van der Waals surface area contributed by atoms with Crippen LogP contribution in [0.15, 0.2) is 96.1 Å². The van der Waals surface area contributed by atoms with Gasteiger partial charge in [-0.05, 0) is 53.9 Å². The minimum atomic E-state index is -1.05. The molecule has 0 saturated carbocycles. The van der Waals surface area contributed by atoms with Gasteiger partial charge >= 0.3 is 5.97 Å². The summed E-state index contributed by atoms with van der Waals surface area (Å²) in [5, 5.41) is 24.6. The monoisotopic (exact) mass is 477 g/mol. The van der Waals surface area contributed by atoms with Gasteiger partial charge in [-0.1, -0.05) is 61.5 Å². The van der Waals surface area contributed by atoms with Gasteiger partial charge in [0.2, 0.25) is 0 Å². The quantitative estimate of drug-likeness (QED) is 0.240. The van der Waals surface area contributed by atoms with Crippen LogP contribution in [-0.4, -0.2) is 27.8 Å². The van der Waals surface area contributed by atoms with Crippen LogP contribution in [0.25, 0.3) is 11.1 Å². The number of rotatable bonds is 6. The molecule has 1 aliphatic rings. The molecule has 1 heterocycles. The van der Waals surface area contributed by atoms with Crippen molar-refractivity contribution < 1.29 is 19.8 Å². The zero-order valence-electron chi connectivity index (χ0n) is 19.5. The normalized spacial score (nSPS) is 13.6. The molecule has 0 saturated heterocycles. The summed E-state index contributed by atoms with van der Waals surface area (Å²) >= 11 is 0. The van der Waals surface area contributed by atoms with Crippen LogP contribution in [0.3, 0.4) is 0 Å². The fourth-order valence-corrected chi connectivity index (χ4v) is 4.25. The number of carboxylic acids is 1. The van der Waals surface area contributed by atoms with E-state index in [0.717, 1.165) is 17.8 Å². The van der Waals surface area contributed by atoms with Gasteiger partial charge in [0, 0.05) is 16.8 Å². The number of phenols is 1. The zero-order valence-corrected chi connectivity index (χ0v) is 19.5. The third kappa shape index (κ3) is 4.07. The van der Waals surface area contributed by atoms with Crippen molar-refractivity contribution in [2.24, 2.45) is 5.10 Å². The molecule has 4 aromatic rings. The summed E-state index contributed by atoms with van der Waals surface area (Å²) in [7, 11) is 0. The Balaban J connectivity index is 1.49. The van der Waals surface area contributed by atoms with Crippen molar-refractivity contribution in [1.82, 2.24) is 0 Å². The van der Waals surface area contributed by atoms with Gasteiger partial charge in [-0.3, -0.25) is 15.1 Å². The second kappa shape index (κ2) is 9.38. The lowest BCUT2D eigenvalue weighted by molar-refractivity contribution is -0.111. The van der Waals surface area contributed by atoms with Crippen molar-refractivity contribution in [3.63, 3.8) is 0 Å². The number of carbonyl (C=O) groups is 2. The van der Waals surface area contributed by atoms with Crippen LogP contribution in [0.2, 0.25) is 0 Å². The average Bonchev–Trinajstić information content (AvgIpc) is 3.19. The number of hydrazone groups is 1. The van der Waals surface area contributed by atoms with Crippen LogP contribution >= 0.6 is 0 Å². The van der Waals surface area contributed by atoms with E-state index in [1.807, 2.05) is 48.5 Å². The Morgan fingerprint density at radius 3 is 2.39 bits per heavy atom. The summed E-state index contributed by atoms with van der Waals surface area (Å²) in [5.41, 5.74) is 7.80. The highest BCUT2D eigenvalue weighted by atomic mass is 16.4. The van der Waals surface area contributed by atoms with Gasteiger partial charge in [-0.15, -0.1) is 0 Å². The standard InChI is InChI=1S/C29H23N3O4/c1-2-18-13-15-21(16-14-18)32-25-12-4-3-9-23(25)26(28(32)34)31-30-24-11-6-10-22(27(24)33)19-7-5-8-20(17-19)29(35)36/h3-17,30,33H,2H2,1H3,(H,35,36)/b31-26-. The number of phenolic OH excluding ortho intramolecular Hbond substituents is 1. The number of hydrogen-bond donors (Lipinski definition) is 3. The lowest BCUT2D eigenvalue weighted by Crippen LogP contribution is -2.26. The number of aromatic carboxylic acids is 1. The number of amides is 1. The topological polar surface area (TPSA) is 102 Å². The summed E-state index contributed by atoms with van der Waals surface area (Å²) in [6.45, 7) is 2.08. The fourth-order valence-electron chi connectivity index (χ4n) is 4.25. The van der Waals surface area contributed by atoms with E-state index in [0.29, 0.717) is 16.7 Å². The van der Waals surface area contributed by atoms with Crippen molar-refractivity contribution in [3.05, 3.63) is 108 Å². The molecule has 0 fully saturated rings. The molecule has 1 amide bonds. The van der Waals surface area contributed by atoms with E-state index in [2.05, 4.69) is 17.5 Å². The van der Waals surface area contributed by atoms with E-state index >= 15 is 0 Å². The molecule has 0 radical (unpaired) electrons. The molecule has 0 spiro atoms. The maximum atomic E-state index is 13.5. The predicted octanol–water partition coefficient (Wildman–Crippen LogP) is 5.81. The number of fused-ring (bicyclic) bond motifs is 1. The van der Waals surface area contributed by atoms with Crippen molar-refractivity contribution in [2.45, 2.75) is 13.3 Å². The maximum absolute atomic E-state index is 13.5. The highest BCUT2D eigenvalue weighted by Gasteiger charge is 2.35. The Bertz CT molecular complexity index is 1510. The third-order valence-electron chi connectivity index (χ3n) is 6.15. The van der Waals surface area contributed by atoms with E-state index in [-0.39, 0.29) is 28.6 Å². The minimum Gasteiger partial charge on any atom is -0.505 e. The fraction of sp³-hybridized carbons (Fsp3) is 0.0690. The number of anilines is 3. The van der Waals surface area contributed by atoms with Crippen LogP contribution in [0, 0.1) is 0 Å². The molecule has 4 aromatic carbocycles. The third-order valence-corrected chi connectivity index (χ3v) is 6.15. The van der Waals surface area contributed by atoms with Gasteiger partial charge in [-0.25, -0.2) is 4.79 Å². The van der Waals surface area contributed by atoms with Gasteiger partial charge in [0.15, 0.2) is 5.71 Å². The van der Waals surface area contributed by atoms with Gasteiger partial charge in [0.05, 0.1) is 16.9 Å². The zero-order chi connectivity index (χ0) is 25.2. The number of carbonyl (C=O) groups excluding carboxylic acids is 1.